The number of rotatable bonds is 5. The van der Waals surface area contributed by atoms with Crippen LogP contribution in [0.25, 0.3) is 10.9 Å². The van der Waals surface area contributed by atoms with Crippen molar-refractivity contribution in [3.05, 3.63) is 46.4 Å². The number of hydrogen-bond acceptors (Lipinski definition) is 8. The minimum Gasteiger partial charge on any atom is -0.378 e. The van der Waals surface area contributed by atoms with E-state index in [1.54, 1.807) is 28.6 Å². The summed E-state index contributed by atoms with van der Waals surface area (Å²) in [6.45, 7) is 1.94. The van der Waals surface area contributed by atoms with Crippen molar-refractivity contribution in [2.75, 3.05) is 31.6 Å². The molecule has 0 spiro atoms. The molecular weight excluding hydrogens is 513 g/mol. The summed E-state index contributed by atoms with van der Waals surface area (Å²) in [6.07, 6.45) is 1.59. The van der Waals surface area contributed by atoms with Gasteiger partial charge in [-0.1, -0.05) is 0 Å². The van der Waals surface area contributed by atoms with E-state index < -0.39 is 27.3 Å². The summed E-state index contributed by atoms with van der Waals surface area (Å²) in [7, 11) is -3.59. The number of anilines is 2. The molecule has 13 heteroatoms. The van der Waals surface area contributed by atoms with E-state index in [0.29, 0.717) is 16.8 Å². The van der Waals surface area contributed by atoms with Crippen LogP contribution in [0, 0.1) is 11.3 Å². The van der Waals surface area contributed by atoms with Crippen LogP contribution < -0.4 is 16.2 Å². The van der Waals surface area contributed by atoms with Gasteiger partial charge in [0, 0.05) is 31.1 Å². The van der Waals surface area contributed by atoms with Gasteiger partial charge in [0.25, 0.3) is 5.56 Å². The Labute approximate surface area is 218 Å². The molecule has 0 unspecified atom stereocenters. The third-order valence-electron chi connectivity index (χ3n) is 7.89. The molecule has 2 aromatic heterocycles. The Kier molecular flexibility index (Phi) is 6.22. The zero-order valence-electron chi connectivity index (χ0n) is 20.6. The van der Waals surface area contributed by atoms with Gasteiger partial charge in [0.05, 0.1) is 29.5 Å². The Morgan fingerprint density at radius 2 is 2.11 bits per heavy atom. The third-order valence-corrected chi connectivity index (χ3v) is 9.89. The van der Waals surface area contributed by atoms with Gasteiger partial charge in [-0.3, -0.25) is 9.48 Å². The van der Waals surface area contributed by atoms with E-state index in [-0.39, 0.29) is 54.7 Å². The van der Waals surface area contributed by atoms with Crippen LogP contribution in [0.5, 0.6) is 0 Å². The molecule has 5 heterocycles. The van der Waals surface area contributed by atoms with Crippen LogP contribution >= 0.6 is 0 Å². The number of nitrogens with one attached hydrogen (secondary N) is 3. The lowest BCUT2D eigenvalue weighted by atomic mass is 9.85. The number of sulfonamides is 1. The standard InChI is InChI=1S/C25H28FN7O4S/c26-21-15-37-12-7-25(21,6-8-27)33-19-5-11-29-24(34)22(19)23(31-33)30-17-1-2-20-16(13-17)14-32(38(20,35)36)18-3-9-28-10-4-18/h1-2,5,11,13,18,21,28H,3-4,6-7,9-10,12,14-15H2,(H,29,34)(H,30,31)/t21-,25+/m0/s1. The number of nitriles is 1. The summed E-state index contributed by atoms with van der Waals surface area (Å²) < 4.78 is 50.1. The van der Waals surface area contributed by atoms with Crippen molar-refractivity contribution >= 4 is 32.4 Å². The van der Waals surface area contributed by atoms with Gasteiger partial charge in [0.2, 0.25) is 10.0 Å². The number of halogens is 1. The molecule has 1 aromatic carbocycles. The molecule has 200 valence electrons. The fourth-order valence-corrected chi connectivity index (χ4v) is 7.73. The van der Waals surface area contributed by atoms with Gasteiger partial charge in [-0.15, -0.1) is 0 Å². The van der Waals surface area contributed by atoms with Crippen molar-refractivity contribution in [1.29, 1.82) is 5.26 Å². The van der Waals surface area contributed by atoms with Crippen molar-refractivity contribution in [2.24, 2.45) is 0 Å². The summed E-state index contributed by atoms with van der Waals surface area (Å²) in [5.74, 6) is 0.203. The zero-order chi connectivity index (χ0) is 26.5. The molecule has 3 N–H and O–H groups in total. The van der Waals surface area contributed by atoms with E-state index in [1.165, 1.54) is 10.9 Å². The molecule has 3 aliphatic heterocycles. The Bertz CT molecular complexity index is 1590. The molecule has 2 saturated heterocycles. The highest BCUT2D eigenvalue weighted by atomic mass is 32.2. The van der Waals surface area contributed by atoms with Crippen LogP contribution in [0.4, 0.5) is 15.9 Å². The van der Waals surface area contributed by atoms with E-state index in [1.807, 2.05) is 0 Å². The monoisotopic (exact) mass is 541 g/mol. The second kappa shape index (κ2) is 9.46. The average molecular weight is 542 g/mol. The first-order valence-electron chi connectivity index (χ1n) is 12.7. The van der Waals surface area contributed by atoms with E-state index in [0.717, 1.165) is 25.9 Å². The lowest BCUT2D eigenvalue weighted by molar-refractivity contribution is -0.0511. The van der Waals surface area contributed by atoms with Crippen molar-refractivity contribution in [3.8, 4) is 6.07 Å². The quantitative estimate of drug-likeness (QED) is 0.445. The second-order valence-corrected chi connectivity index (χ2v) is 11.9. The zero-order valence-corrected chi connectivity index (χ0v) is 21.4. The maximum atomic E-state index is 15.3. The van der Waals surface area contributed by atoms with Gasteiger partial charge in [0.1, 0.15) is 17.1 Å². The number of hydrogen-bond donors (Lipinski definition) is 3. The first kappa shape index (κ1) is 25.0. The highest BCUT2D eigenvalue weighted by Crippen LogP contribution is 2.39. The summed E-state index contributed by atoms with van der Waals surface area (Å²) in [5.41, 5.74) is -0.0664. The van der Waals surface area contributed by atoms with Crippen LogP contribution in [0.1, 0.15) is 31.2 Å². The fraction of sp³-hybridized carbons (Fsp3) is 0.480. The number of aromatic nitrogens is 3. The molecule has 0 radical (unpaired) electrons. The van der Waals surface area contributed by atoms with Gasteiger partial charge in [-0.2, -0.15) is 14.7 Å². The molecule has 0 saturated carbocycles. The number of H-pyrrole nitrogens is 1. The van der Waals surface area contributed by atoms with Gasteiger partial charge in [0.15, 0.2) is 5.82 Å². The molecule has 0 amide bonds. The highest BCUT2D eigenvalue weighted by molar-refractivity contribution is 7.89. The number of alkyl halides is 1. The molecule has 11 nitrogen and oxygen atoms in total. The van der Waals surface area contributed by atoms with Crippen LogP contribution in [0.15, 0.2) is 40.2 Å². The second-order valence-electron chi connectivity index (χ2n) is 10.0. The molecule has 3 aromatic rings. The first-order chi connectivity index (χ1) is 18.3. The third kappa shape index (κ3) is 3.90. The molecule has 6 rings (SSSR count). The van der Waals surface area contributed by atoms with Crippen LogP contribution in [-0.4, -0.2) is 66.0 Å². The van der Waals surface area contributed by atoms with Crippen LogP contribution in [-0.2, 0) is 26.8 Å². The van der Waals surface area contributed by atoms with E-state index >= 15 is 4.39 Å². The van der Waals surface area contributed by atoms with Gasteiger partial charge in [-0.05, 0) is 62.2 Å². The summed E-state index contributed by atoms with van der Waals surface area (Å²) in [4.78, 5) is 15.8. The number of ether oxygens (including phenoxy) is 1. The largest absolute Gasteiger partial charge is 0.378 e. The summed E-state index contributed by atoms with van der Waals surface area (Å²) in [5, 5.41) is 20.8. The Morgan fingerprint density at radius 3 is 2.87 bits per heavy atom. The predicted molar refractivity (Wildman–Crippen MR) is 137 cm³/mol. The van der Waals surface area contributed by atoms with E-state index in [9.17, 15) is 18.5 Å². The van der Waals surface area contributed by atoms with Gasteiger partial charge in [-0.25, -0.2) is 12.8 Å². The number of pyridine rings is 1. The van der Waals surface area contributed by atoms with Crippen molar-refractivity contribution < 1.29 is 17.5 Å². The lowest BCUT2D eigenvalue weighted by Crippen LogP contribution is -2.49. The van der Waals surface area contributed by atoms with Gasteiger partial charge >= 0.3 is 0 Å². The minimum atomic E-state index is -3.59. The average Bonchev–Trinajstić information content (AvgIpc) is 3.41. The molecule has 2 atom stereocenters. The van der Waals surface area contributed by atoms with Crippen LogP contribution in [0.3, 0.4) is 0 Å². The molecule has 3 aliphatic rings. The molecule has 38 heavy (non-hydrogen) atoms. The van der Waals surface area contributed by atoms with Crippen LogP contribution in [0.2, 0.25) is 0 Å². The SMILES string of the molecule is N#CC[C@@]1(n2nc(Nc3ccc4c(c3)CN(C3CCNCC3)S4(=O)=O)c3c(=O)[nH]ccc32)CCOC[C@@H]1F. The molecule has 0 bridgehead atoms. The maximum absolute atomic E-state index is 15.3. The molecule has 0 aliphatic carbocycles. The molecular formula is C25H28FN7O4S. The summed E-state index contributed by atoms with van der Waals surface area (Å²) in [6, 6.07) is 8.65. The predicted octanol–water partition coefficient (Wildman–Crippen LogP) is 2.09. The Hall–Kier alpha value is -3.31. The minimum absolute atomic E-state index is 0.0484. The van der Waals surface area contributed by atoms with Gasteiger partial charge < -0.3 is 20.4 Å². The number of piperidine rings is 1. The first-order valence-corrected chi connectivity index (χ1v) is 14.1. The normalized spacial score (nSPS) is 25.7. The molecule has 2 fully saturated rings. The highest BCUT2D eigenvalue weighted by Gasteiger charge is 2.46. The number of fused-ring (bicyclic) bond motifs is 2. The fourth-order valence-electron chi connectivity index (χ4n) is 5.87. The van der Waals surface area contributed by atoms with Crippen molar-refractivity contribution in [3.63, 3.8) is 0 Å². The summed E-state index contributed by atoms with van der Waals surface area (Å²) >= 11 is 0. The van der Waals surface area contributed by atoms with Crippen molar-refractivity contribution in [1.82, 2.24) is 24.4 Å². The van der Waals surface area contributed by atoms with E-state index in [2.05, 4.69) is 26.8 Å². The Morgan fingerprint density at radius 1 is 1.29 bits per heavy atom. The van der Waals surface area contributed by atoms with Crippen molar-refractivity contribution in [2.45, 2.75) is 54.9 Å². The maximum Gasteiger partial charge on any atom is 0.261 e. The Balaban J connectivity index is 1.39. The lowest BCUT2D eigenvalue weighted by Gasteiger charge is -2.38. The number of aromatic amines is 1. The number of nitrogens with zero attached hydrogens (tertiary/aromatic N) is 4. The topological polar surface area (TPSA) is 145 Å². The smallest absolute Gasteiger partial charge is 0.261 e. The van der Waals surface area contributed by atoms with E-state index in [4.69, 9.17) is 4.74 Å². The number of benzene rings is 1.